The number of fused-ring (bicyclic) bond motifs is 1. The second-order valence-electron chi connectivity index (χ2n) is 7.50. The van der Waals surface area contributed by atoms with E-state index in [0.717, 1.165) is 46.9 Å². The van der Waals surface area contributed by atoms with Crippen molar-refractivity contribution in [3.63, 3.8) is 0 Å². The molecule has 0 fully saturated rings. The third kappa shape index (κ3) is 4.48. The number of hydrogen-bond donors (Lipinski definition) is 0. The summed E-state index contributed by atoms with van der Waals surface area (Å²) in [4.78, 5) is 4.93. The number of hydrogen-bond acceptors (Lipinski definition) is 3. The maximum atomic E-state index is 6.06. The van der Waals surface area contributed by atoms with E-state index in [0.29, 0.717) is 6.61 Å². The van der Waals surface area contributed by atoms with Crippen LogP contribution in [0.15, 0.2) is 72.8 Å². The highest BCUT2D eigenvalue weighted by atomic mass is 16.5. The fraction of sp³-hybridized carbons (Fsp3) is 0.222. The van der Waals surface area contributed by atoms with Gasteiger partial charge in [0.1, 0.15) is 5.82 Å². The van der Waals surface area contributed by atoms with E-state index in [9.17, 15) is 0 Å². The van der Waals surface area contributed by atoms with E-state index in [4.69, 9.17) is 14.5 Å². The summed E-state index contributed by atoms with van der Waals surface area (Å²) in [5.41, 5.74) is 5.65. The zero-order valence-electron chi connectivity index (χ0n) is 18.3. The van der Waals surface area contributed by atoms with Crippen LogP contribution in [0, 0.1) is 6.92 Å². The number of nitrogens with zero attached hydrogens (tertiary/aromatic N) is 2. The molecule has 0 aliphatic rings. The van der Waals surface area contributed by atoms with Crippen molar-refractivity contribution >= 4 is 17.1 Å². The Bertz CT molecular complexity index is 1210. The molecular formula is C27H28N2O2. The molecular weight excluding hydrogens is 384 g/mol. The third-order valence-corrected chi connectivity index (χ3v) is 5.37. The van der Waals surface area contributed by atoms with Crippen molar-refractivity contribution in [2.45, 2.75) is 26.8 Å². The zero-order valence-corrected chi connectivity index (χ0v) is 18.3. The minimum atomic E-state index is 0.596. The number of allylic oxidation sites excluding steroid dienone is 1. The van der Waals surface area contributed by atoms with Gasteiger partial charge in [-0.05, 0) is 55.7 Å². The van der Waals surface area contributed by atoms with Crippen LogP contribution in [0.1, 0.15) is 24.5 Å². The van der Waals surface area contributed by atoms with E-state index in [-0.39, 0.29) is 0 Å². The summed E-state index contributed by atoms with van der Waals surface area (Å²) >= 11 is 0. The van der Waals surface area contributed by atoms with Gasteiger partial charge in [0.15, 0.2) is 11.5 Å². The van der Waals surface area contributed by atoms with E-state index in [1.807, 2.05) is 43.3 Å². The van der Waals surface area contributed by atoms with Crippen LogP contribution in [0.25, 0.3) is 28.5 Å². The predicted molar refractivity (Wildman–Crippen MR) is 128 cm³/mol. The first-order chi connectivity index (χ1) is 15.2. The minimum Gasteiger partial charge on any atom is -0.493 e. The molecule has 0 saturated heterocycles. The molecule has 3 aromatic carbocycles. The van der Waals surface area contributed by atoms with Crippen LogP contribution in [0.5, 0.6) is 11.5 Å². The summed E-state index contributed by atoms with van der Waals surface area (Å²) in [6, 6.07) is 22.7. The average Bonchev–Trinajstić information content (AvgIpc) is 3.16. The highest BCUT2D eigenvalue weighted by Gasteiger charge is 2.14. The molecule has 1 heterocycles. The van der Waals surface area contributed by atoms with Gasteiger partial charge in [-0.15, -0.1) is 0 Å². The molecule has 0 spiro atoms. The molecule has 0 unspecified atom stereocenters. The summed E-state index contributed by atoms with van der Waals surface area (Å²) in [7, 11) is 1.67. The lowest BCUT2D eigenvalue weighted by atomic mass is 10.1. The molecule has 0 aliphatic carbocycles. The van der Waals surface area contributed by atoms with Gasteiger partial charge < -0.3 is 14.0 Å². The molecule has 0 saturated carbocycles. The van der Waals surface area contributed by atoms with Crippen molar-refractivity contribution in [1.82, 2.24) is 9.55 Å². The van der Waals surface area contributed by atoms with Crippen LogP contribution in [0.3, 0.4) is 0 Å². The van der Waals surface area contributed by atoms with Gasteiger partial charge in [0.2, 0.25) is 0 Å². The van der Waals surface area contributed by atoms with Crippen molar-refractivity contribution in [3.8, 4) is 22.9 Å². The lowest BCUT2D eigenvalue weighted by Crippen LogP contribution is -2.07. The third-order valence-electron chi connectivity index (χ3n) is 5.37. The molecule has 0 atom stereocenters. The van der Waals surface area contributed by atoms with Crippen LogP contribution in [0.4, 0.5) is 0 Å². The normalized spacial score (nSPS) is 11.3. The van der Waals surface area contributed by atoms with Gasteiger partial charge in [-0.1, -0.05) is 54.6 Å². The Morgan fingerprint density at radius 3 is 2.58 bits per heavy atom. The van der Waals surface area contributed by atoms with E-state index in [1.54, 1.807) is 7.11 Å². The Morgan fingerprint density at radius 1 is 0.968 bits per heavy atom. The smallest absolute Gasteiger partial charge is 0.161 e. The largest absolute Gasteiger partial charge is 0.493 e. The number of ether oxygens (including phenoxy) is 2. The maximum Gasteiger partial charge on any atom is 0.161 e. The van der Waals surface area contributed by atoms with E-state index in [1.165, 1.54) is 11.1 Å². The molecule has 0 amide bonds. The first-order valence-electron chi connectivity index (χ1n) is 10.7. The highest BCUT2D eigenvalue weighted by molar-refractivity contribution is 5.81. The first kappa shape index (κ1) is 20.7. The Balaban J connectivity index is 1.52. The SMILES string of the molecule is C/C=C/c1ccc(OCCCn2c(-c3ccccc3C)nc3ccccc32)c(OC)c1. The van der Waals surface area contributed by atoms with Crippen molar-refractivity contribution in [1.29, 1.82) is 0 Å². The summed E-state index contributed by atoms with van der Waals surface area (Å²) in [5, 5.41) is 0. The van der Waals surface area contributed by atoms with Crippen LogP contribution < -0.4 is 9.47 Å². The second-order valence-corrected chi connectivity index (χ2v) is 7.50. The quantitative estimate of drug-likeness (QED) is 0.309. The molecule has 0 radical (unpaired) electrons. The number of aromatic nitrogens is 2. The first-order valence-corrected chi connectivity index (χ1v) is 10.7. The average molecular weight is 413 g/mol. The lowest BCUT2D eigenvalue weighted by molar-refractivity contribution is 0.283. The summed E-state index contributed by atoms with van der Waals surface area (Å²) in [5.74, 6) is 2.53. The predicted octanol–water partition coefficient (Wildman–Crippen LogP) is 6.52. The number of benzene rings is 3. The summed E-state index contributed by atoms with van der Waals surface area (Å²) in [6.45, 7) is 5.55. The minimum absolute atomic E-state index is 0.596. The van der Waals surface area contributed by atoms with Gasteiger partial charge >= 0.3 is 0 Å². The summed E-state index contributed by atoms with van der Waals surface area (Å²) in [6.07, 6.45) is 4.92. The number of methoxy groups -OCH3 is 1. The number of para-hydroxylation sites is 2. The Hall–Kier alpha value is -3.53. The lowest BCUT2D eigenvalue weighted by Gasteiger charge is -2.13. The summed E-state index contributed by atoms with van der Waals surface area (Å²) < 4.78 is 13.9. The fourth-order valence-electron chi connectivity index (χ4n) is 3.84. The van der Waals surface area contributed by atoms with Crippen LogP contribution in [0.2, 0.25) is 0 Å². The molecule has 158 valence electrons. The molecule has 1 aromatic heterocycles. The van der Waals surface area contributed by atoms with Crippen molar-refractivity contribution in [3.05, 3.63) is 83.9 Å². The molecule has 0 N–H and O–H groups in total. The Morgan fingerprint density at radius 2 is 1.77 bits per heavy atom. The second kappa shape index (κ2) is 9.52. The van der Waals surface area contributed by atoms with Crippen LogP contribution in [-0.2, 0) is 6.54 Å². The number of aryl methyl sites for hydroxylation is 2. The monoisotopic (exact) mass is 412 g/mol. The van der Waals surface area contributed by atoms with Crippen LogP contribution in [-0.4, -0.2) is 23.3 Å². The van der Waals surface area contributed by atoms with Crippen LogP contribution >= 0.6 is 0 Å². The highest BCUT2D eigenvalue weighted by Crippen LogP contribution is 2.30. The fourth-order valence-corrected chi connectivity index (χ4v) is 3.84. The van der Waals surface area contributed by atoms with E-state index < -0.39 is 0 Å². The van der Waals surface area contributed by atoms with Gasteiger partial charge in [0.05, 0.1) is 24.8 Å². The molecule has 4 heteroatoms. The van der Waals surface area contributed by atoms with Gasteiger partial charge in [-0.25, -0.2) is 4.98 Å². The van der Waals surface area contributed by atoms with Crippen molar-refractivity contribution < 1.29 is 9.47 Å². The Kier molecular flexibility index (Phi) is 6.37. The van der Waals surface area contributed by atoms with E-state index in [2.05, 4.69) is 54.0 Å². The molecule has 31 heavy (non-hydrogen) atoms. The Labute approximate surface area is 183 Å². The van der Waals surface area contributed by atoms with Gasteiger partial charge in [-0.3, -0.25) is 0 Å². The maximum absolute atomic E-state index is 6.06. The standard InChI is InChI=1S/C27H28N2O2/c1-4-10-21-15-16-25(26(19-21)30-3)31-18-9-17-29-24-14-8-7-13-23(24)28-27(29)22-12-6-5-11-20(22)2/h4-8,10-16,19H,9,17-18H2,1-3H3/b10-4+. The number of imidazole rings is 1. The molecule has 4 aromatic rings. The topological polar surface area (TPSA) is 36.3 Å². The number of rotatable bonds is 8. The van der Waals surface area contributed by atoms with Crippen molar-refractivity contribution in [2.75, 3.05) is 13.7 Å². The molecule has 0 aliphatic heterocycles. The van der Waals surface area contributed by atoms with Gasteiger partial charge in [0.25, 0.3) is 0 Å². The van der Waals surface area contributed by atoms with Gasteiger partial charge in [-0.2, -0.15) is 0 Å². The molecule has 4 rings (SSSR count). The zero-order chi connectivity index (χ0) is 21.6. The van der Waals surface area contributed by atoms with E-state index >= 15 is 0 Å². The molecule has 0 bridgehead atoms. The van der Waals surface area contributed by atoms with Crippen molar-refractivity contribution in [2.24, 2.45) is 0 Å². The molecule has 4 nitrogen and oxygen atoms in total. The van der Waals surface area contributed by atoms with Gasteiger partial charge in [0, 0.05) is 12.1 Å².